The highest BCUT2D eigenvalue weighted by Gasteiger charge is 2.16. The summed E-state index contributed by atoms with van der Waals surface area (Å²) in [5.74, 6) is 0.440. The van der Waals surface area contributed by atoms with E-state index in [0.717, 1.165) is 21.8 Å². The van der Waals surface area contributed by atoms with Crippen LogP contribution in [0.1, 0.15) is 64.3 Å². The summed E-state index contributed by atoms with van der Waals surface area (Å²) in [5.41, 5.74) is 1.98. The molecule has 0 unspecified atom stereocenters. The van der Waals surface area contributed by atoms with Crippen molar-refractivity contribution in [1.82, 2.24) is 5.32 Å². The predicted molar refractivity (Wildman–Crippen MR) is 111 cm³/mol. The quantitative estimate of drug-likeness (QED) is 0.592. The van der Waals surface area contributed by atoms with Crippen molar-refractivity contribution >= 4 is 28.8 Å². The smallest absolute Gasteiger partial charge is 0.220 e. The van der Waals surface area contributed by atoms with Crippen LogP contribution in [0.4, 0.5) is 0 Å². The monoisotopic (exact) mass is 401 g/mol. The molecule has 0 aliphatic carbocycles. The number of nitrogens with one attached hydrogen (secondary N) is 1. The molecule has 1 amide bonds. The summed E-state index contributed by atoms with van der Waals surface area (Å²) < 4.78 is 5.36. The third-order valence-corrected chi connectivity index (χ3v) is 5.55. The predicted octanol–water partition coefficient (Wildman–Crippen LogP) is 4.56. The molecule has 1 N–H and O–H groups in total. The van der Waals surface area contributed by atoms with Crippen LogP contribution in [0, 0.1) is 13.8 Å². The number of thiophene rings is 1. The molecular weight excluding hydrogens is 374 g/mol. The summed E-state index contributed by atoms with van der Waals surface area (Å²) in [4.78, 5) is 38.1. The minimum atomic E-state index is -0.221. The summed E-state index contributed by atoms with van der Waals surface area (Å²) in [7, 11) is 1.60. The molecule has 0 aliphatic rings. The van der Waals surface area contributed by atoms with Gasteiger partial charge in [-0.25, -0.2) is 0 Å². The first-order chi connectivity index (χ1) is 13.3. The molecule has 28 heavy (non-hydrogen) atoms. The molecule has 150 valence electrons. The highest BCUT2D eigenvalue weighted by atomic mass is 32.1. The number of ketones is 2. The lowest BCUT2D eigenvalue weighted by Gasteiger charge is -2.18. The molecule has 6 heteroatoms. The molecule has 2 aromatic rings. The van der Waals surface area contributed by atoms with Crippen LogP contribution in [0.25, 0.3) is 0 Å². The van der Waals surface area contributed by atoms with Crippen molar-refractivity contribution in [2.24, 2.45) is 0 Å². The van der Waals surface area contributed by atoms with Crippen molar-refractivity contribution in [3.05, 3.63) is 51.2 Å². The van der Waals surface area contributed by atoms with Crippen LogP contribution in [0.15, 0.2) is 30.3 Å². The second-order valence-electron chi connectivity index (χ2n) is 6.91. The first kappa shape index (κ1) is 21.8. The third-order valence-electron chi connectivity index (χ3n) is 4.51. The van der Waals surface area contributed by atoms with Gasteiger partial charge in [0.1, 0.15) is 11.5 Å². The Morgan fingerprint density at radius 3 is 2.39 bits per heavy atom. The maximum Gasteiger partial charge on any atom is 0.220 e. The van der Waals surface area contributed by atoms with Gasteiger partial charge in [0.2, 0.25) is 5.91 Å². The van der Waals surface area contributed by atoms with E-state index in [2.05, 4.69) is 5.32 Å². The number of amides is 1. The minimum absolute atomic E-state index is 0.0175. The topological polar surface area (TPSA) is 72.5 Å². The highest BCUT2D eigenvalue weighted by Crippen LogP contribution is 2.26. The number of aryl methyl sites for hydroxylation is 2. The van der Waals surface area contributed by atoms with Crippen molar-refractivity contribution < 1.29 is 19.1 Å². The molecule has 1 aromatic carbocycles. The zero-order chi connectivity index (χ0) is 20.7. The minimum Gasteiger partial charge on any atom is -0.496 e. The zero-order valence-corrected chi connectivity index (χ0v) is 17.7. The van der Waals surface area contributed by atoms with E-state index in [4.69, 9.17) is 4.74 Å². The first-order valence-corrected chi connectivity index (χ1v) is 10.2. The Morgan fingerprint density at radius 2 is 1.75 bits per heavy atom. The molecule has 1 aromatic heterocycles. The van der Waals surface area contributed by atoms with Crippen molar-refractivity contribution in [2.75, 3.05) is 7.11 Å². The van der Waals surface area contributed by atoms with Gasteiger partial charge in [0.15, 0.2) is 5.78 Å². The summed E-state index contributed by atoms with van der Waals surface area (Å²) in [5, 5.41) is 2.91. The van der Waals surface area contributed by atoms with Crippen LogP contribution < -0.4 is 10.1 Å². The van der Waals surface area contributed by atoms with Crippen LogP contribution in [-0.4, -0.2) is 24.6 Å². The van der Waals surface area contributed by atoms with E-state index in [-0.39, 0.29) is 49.2 Å². The number of hydrogen-bond acceptors (Lipinski definition) is 5. The van der Waals surface area contributed by atoms with E-state index in [1.54, 1.807) is 13.2 Å². The molecule has 0 saturated heterocycles. The van der Waals surface area contributed by atoms with Gasteiger partial charge in [-0.2, -0.15) is 0 Å². The van der Waals surface area contributed by atoms with Crippen molar-refractivity contribution in [3.63, 3.8) is 0 Å². The van der Waals surface area contributed by atoms with Crippen LogP contribution in [-0.2, 0) is 9.59 Å². The first-order valence-electron chi connectivity index (χ1n) is 9.35. The fourth-order valence-electron chi connectivity index (χ4n) is 2.92. The normalized spacial score (nSPS) is 11.7. The number of methoxy groups -OCH3 is 1. The Kier molecular flexibility index (Phi) is 7.93. The van der Waals surface area contributed by atoms with Gasteiger partial charge >= 0.3 is 0 Å². The van der Waals surface area contributed by atoms with Gasteiger partial charge in [-0.1, -0.05) is 17.7 Å². The zero-order valence-electron chi connectivity index (χ0n) is 16.8. The number of Topliss-reactive ketones (excluding diaryl/α,β-unsaturated/α-hetero) is 2. The van der Waals surface area contributed by atoms with Crippen molar-refractivity contribution in [2.45, 2.75) is 52.5 Å². The molecule has 0 spiro atoms. The summed E-state index contributed by atoms with van der Waals surface area (Å²) in [6, 6.07) is 9.28. The second-order valence-corrected chi connectivity index (χ2v) is 8.19. The molecule has 1 atom stereocenters. The summed E-state index contributed by atoms with van der Waals surface area (Å²) in [6.45, 7) is 5.81. The number of carbonyl (C=O) groups excluding carboxylic acids is 3. The lowest BCUT2D eigenvalue weighted by Crippen LogP contribution is -2.27. The fraction of sp³-hybridized carbons (Fsp3) is 0.409. The van der Waals surface area contributed by atoms with Crippen LogP contribution in [0.2, 0.25) is 0 Å². The van der Waals surface area contributed by atoms with E-state index in [0.29, 0.717) is 4.88 Å². The van der Waals surface area contributed by atoms with Crippen molar-refractivity contribution in [1.29, 1.82) is 0 Å². The van der Waals surface area contributed by atoms with Crippen LogP contribution >= 0.6 is 11.3 Å². The Bertz CT molecular complexity index is 856. The Morgan fingerprint density at radius 1 is 1.04 bits per heavy atom. The average Bonchev–Trinajstić information content (AvgIpc) is 3.10. The van der Waals surface area contributed by atoms with Gasteiger partial charge in [0.05, 0.1) is 18.0 Å². The van der Waals surface area contributed by atoms with Gasteiger partial charge in [-0.15, -0.1) is 11.3 Å². The Hall–Kier alpha value is -2.47. The molecule has 0 bridgehead atoms. The van der Waals surface area contributed by atoms with Gasteiger partial charge in [0, 0.05) is 36.1 Å². The average molecular weight is 402 g/mol. The summed E-state index contributed by atoms with van der Waals surface area (Å²) >= 11 is 1.44. The van der Waals surface area contributed by atoms with E-state index in [1.807, 2.05) is 45.0 Å². The number of ether oxygens (including phenoxy) is 1. The molecule has 1 heterocycles. The van der Waals surface area contributed by atoms with Crippen LogP contribution in [0.3, 0.4) is 0 Å². The molecule has 0 saturated carbocycles. The van der Waals surface area contributed by atoms with E-state index < -0.39 is 0 Å². The van der Waals surface area contributed by atoms with E-state index in [9.17, 15) is 14.4 Å². The molecular formula is C22H27NO4S. The molecule has 5 nitrogen and oxygen atoms in total. The molecule has 0 aliphatic heterocycles. The van der Waals surface area contributed by atoms with Gasteiger partial charge in [-0.05, 0) is 39.0 Å². The fourth-order valence-corrected chi connectivity index (χ4v) is 3.76. The maximum atomic E-state index is 12.2. The molecule has 0 fully saturated rings. The third kappa shape index (κ3) is 6.30. The Balaban J connectivity index is 1.78. The number of rotatable bonds is 10. The maximum absolute atomic E-state index is 12.2. The highest BCUT2D eigenvalue weighted by molar-refractivity contribution is 7.14. The van der Waals surface area contributed by atoms with E-state index >= 15 is 0 Å². The largest absolute Gasteiger partial charge is 0.496 e. The summed E-state index contributed by atoms with van der Waals surface area (Å²) in [6.07, 6.45) is 0.617. The SMILES string of the molecule is COc1ccc(C)cc1[C@@H](C)NC(=O)CCC(=O)CCC(=O)c1ccc(C)s1. The lowest BCUT2D eigenvalue weighted by molar-refractivity contribution is -0.125. The standard InChI is InChI=1S/C22H27NO4S/c1-14-5-10-20(27-4)18(13-14)16(3)23-22(26)12-8-17(24)7-9-19(25)21-11-6-15(2)28-21/h5-6,10-11,13,16H,7-9,12H2,1-4H3,(H,23,26)/t16-/m1/s1. The Labute approximate surface area is 170 Å². The van der Waals surface area contributed by atoms with Gasteiger partial charge in [0.25, 0.3) is 0 Å². The van der Waals surface area contributed by atoms with Crippen LogP contribution in [0.5, 0.6) is 5.75 Å². The second kappa shape index (κ2) is 10.2. The van der Waals surface area contributed by atoms with Gasteiger partial charge in [-0.3, -0.25) is 14.4 Å². The van der Waals surface area contributed by atoms with Crippen molar-refractivity contribution in [3.8, 4) is 5.75 Å². The number of benzene rings is 1. The van der Waals surface area contributed by atoms with E-state index in [1.165, 1.54) is 11.3 Å². The van der Waals surface area contributed by atoms with Gasteiger partial charge < -0.3 is 10.1 Å². The molecule has 0 radical (unpaired) electrons. The lowest BCUT2D eigenvalue weighted by atomic mass is 10.0. The number of hydrogen-bond donors (Lipinski definition) is 1. The molecule has 2 rings (SSSR count). The number of carbonyl (C=O) groups is 3.